The van der Waals surface area contributed by atoms with E-state index < -0.39 is 0 Å². The van der Waals surface area contributed by atoms with Crippen LogP contribution in [0.2, 0.25) is 0 Å². The van der Waals surface area contributed by atoms with Gasteiger partial charge in [-0.1, -0.05) is 13.3 Å². The van der Waals surface area contributed by atoms with Crippen LogP contribution in [-0.2, 0) is 0 Å². The van der Waals surface area contributed by atoms with Crippen molar-refractivity contribution in [2.75, 3.05) is 12.3 Å². The van der Waals surface area contributed by atoms with Gasteiger partial charge in [-0.05, 0) is 34.5 Å². The molecule has 3 N–H and O–H groups in total. The van der Waals surface area contributed by atoms with Crippen molar-refractivity contribution < 1.29 is 9.21 Å². The van der Waals surface area contributed by atoms with Gasteiger partial charge in [-0.3, -0.25) is 4.79 Å². The second-order valence-electron chi connectivity index (χ2n) is 5.11. The number of fused-ring (bicyclic) bond motifs is 1. The van der Waals surface area contributed by atoms with Crippen LogP contribution in [0, 0.1) is 0 Å². The molecule has 0 saturated heterocycles. The normalized spacial score (nSPS) is 11.0. The van der Waals surface area contributed by atoms with Gasteiger partial charge in [0.25, 0.3) is 5.91 Å². The first kappa shape index (κ1) is 15.5. The van der Waals surface area contributed by atoms with E-state index in [1.54, 1.807) is 24.5 Å². The van der Waals surface area contributed by atoms with Gasteiger partial charge >= 0.3 is 0 Å². The molecule has 0 saturated carbocycles. The molecule has 0 unspecified atom stereocenters. The number of aromatic nitrogens is 3. The number of pyridine rings is 1. The average Bonchev–Trinajstić information content (AvgIpc) is 3.13. The summed E-state index contributed by atoms with van der Waals surface area (Å²) in [7, 11) is 0. The lowest BCUT2D eigenvalue weighted by Gasteiger charge is -2.05. The summed E-state index contributed by atoms with van der Waals surface area (Å²) in [6.07, 6.45) is 3.51. The molecular weight excluding hydrogens is 362 g/mol. The zero-order valence-corrected chi connectivity index (χ0v) is 14.1. The summed E-state index contributed by atoms with van der Waals surface area (Å²) in [6.45, 7) is 2.71. The first-order valence-corrected chi connectivity index (χ1v) is 8.06. The number of anilines is 1. The first-order valence-electron chi connectivity index (χ1n) is 7.27. The van der Waals surface area contributed by atoms with Gasteiger partial charge < -0.3 is 15.5 Å². The lowest BCUT2D eigenvalue weighted by molar-refractivity contribution is 0.0953. The van der Waals surface area contributed by atoms with Crippen molar-refractivity contribution in [2.45, 2.75) is 19.8 Å². The average molecular weight is 378 g/mol. The highest BCUT2D eigenvalue weighted by atomic mass is 79.9. The van der Waals surface area contributed by atoms with E-state index in [4.69, 9.17) is 10.2 Å². The second-order valence-corrected chi connectivity index (χ2v) is 6.03. The quantitative estimate of drug-likeness (QED) is 0.666. The van der Waals surface area contributed by atoms with E-state index in [2.05, 4.69) is 38.3 Å². The Morgan fingerprint density at radius 3 is 2.96 bits per heavy atom. The second kappa shape index (κ2) is 6.41. The van der Waals surface area contributed by atoms with E-state index in [1.165, 1.54) is 4.52 Å². The largest absolute Gasteiger partial charge is 0.460 e. The molecule has 0 aliphatic heterocycles. The Labute approximate surface area is 141 Å². The molecule has 3 heterocycles. The number of nitrogens with zero attached hydrogens (tertiary/aromatic N) is 3. The number of nitrogen functional groups attached to an aromatic ring is 1. The molecule has 0 radical (unpaired) electrons. The Hall–Kier alpha value is -2.35. The van der Waals surface area contributed by atoms with Gasteiger partial charge in [-0.2, -0.15) is 4.52 Å². The summed E-state index contributed by atoms with van der Waals surface area (Å²) in [4.78, 5) is 16.5. The number of amides is 1. The van der Waals surface area contributed by atoms with Gasteiger partial charge in [-0.25, -0.2) is 4.98 Å². The molecule has 0 bridgehead atoms. The van der Waals surface area contributed by atoms with E-state index in [-0.39, 0.29) is 5.91 Å². The van der Waals surface area contributed by atoms with Crippen LogP contribution < -0.4 is 11.1 Å². The summed E-state index contributed by atoms with van der Waals surface area (Å²) in [6, 6.07) is 5.01. The van der Waals surface area contributed by atoms with E-state index in [0.29, 0.717) is 35.2 Å². The van der Waals surface area contributed by atoms with Crippen LogP contribution in [0.1, 0.15) is 30.1 Å². The SMILES string of the molecule is CCCCNC(=O)c1cc(N)n2nc(-c3cc(Br)co3)nc2c1. The van der Waals surface area contributed by atoms with Crippen LogP contribution in [-0.4, -0.2) is 27.0 Å². The summed E-state index contributed by atoms with van der Waals surface area (Å²) in [5.41, 5.74) is 6.94. The molecule has 3 aromatic rings. The van der Waals surface area contributed by atoms with Gasteiger partial charge in [0, 0.05) is 18.2 Å². The van der Waals surface area contributed by atoms with E-state index in [0.717, 1.165) is 17.3 Å². The summed E-state index contributed by atoms with van der Waals surface area (Å²) in [5, 5.41) is 7.16. The fourth-order valence-electron chi connectivity index (χ4n) is 2.16. The summed E-state index contributed by atoms with van der Waals surface area (Å²) in [5.74, 6) is 1.10. The molecule has 0 fully saturated rings. The van der Waals surface area contributed by atoms with Crippen molar-refractivity contribution in [2.24, 2.45) is 0 Å². The van der Waals surface area contributed by atoms with Crippen molar-refractivity contribution in [1.29, 1.82) is 0 Å². The molecule has 0 aliphatic carbocycles. The predicted molar refractivity (Wildman–Crippen MR) is 90.0 cm³/mol. The first-order chi connectivity index (χ1) is 11.1. The number of unbranched alkanes of at least 4 members (excludes halogenated alkanes) is 1. The van der Waals surface area contributed by atoms with Crippen LogP contribution in [0.3, 0.4) is 0 Å². The lowest BCUT2D eigenvalue weighted by Crippen LogP contribution is -2.24. The Morgan fingerprint density at radius 1 is 1.43 bits per heavy atom. The number of furan rings is 1. The maximum atomic E-state index is 12.1. The lowest BCUT2D eigenvalue weighted by atomic mass is 10.2. The molecule has 0 atom stereocenters. The van der Waals surface area contributed by atoms with Crippen LogP contribution in [0.15, 0.2) is 33.4 Å². The topological polar surface area (TPSA) is 98.5 Å². The van der Waals surface area contributed by atoms with E-state index >= 15 is 0 Å². The Kier molecular flexibility index (Phi) is 4.33. The Bertz CT molecular complexity index is 855. The van der Waals surface area contributed by atoms with Crippen LogP contribution in [0.4, 0.5) is 5.82 Å². The van der Waals surface area contributed by atoms with Crippen LogP contribution in [0.25, 0.3) is 17.2 Å². The van der Waals surface area contributed by atoms with Gasteiger partial charge in [0.05, 0.1) is 4.47 Å². The third-order valence-electron chi connectivity index (χ3n) is 3.33. The predicted octanol–water partition coefficient (Wildman–Crippen LogP) is 2.86. The summed E-state index contributed by atoms with van der Waals surface area (Å²) >= 11 is 3.31. The molecular formula is C15H16BrN5O2. The van der Waals surface area contributed by atoms with E-state index in [9.17, 15) is 4.79 Å². The van der Waals surface area contributed by atoms with Crippen molar-refractivity contribution in [1.82, 2.24) is 19.9 Å². The zero-order valence-electron chi connectivity index (χ0n) is 12.5. The molecule has 8 heteroatoms. The number of carbonyl (C=O) groups excluding carboxylic acids is 1. The molecule has 0 aliphatic rings. The number of nitrogens with two attached hydrogens (primary N) is 1. The van der Waals surface area contributed by atoms with Gasteiger partial charge in [0.15, 0.2) is 11.4 Å². The molecule has 7 nitrogen and oxygen atoms in total. The molecule has 0 spiro atoms. The number of hydrogen-bond donors (Lipinski definition) is 2. The third kappa shape index (κ3) is 3.21. The fourth-order valence-corrected chi connectivity index (χ4v) is 2.46. The number of carbonyl (C=O) groups is 1. The third-order valence-corrected chi connectivity index (χ3v) is 3.75. The molecule has 120 valence electrons. The minimum atomic E-state index is -0.169. The smallest absolute Gasteiger partial charge is 0.251 e. The maximum absolute atomic E-state index is 12.1. The molecule has 0 aromatic carbocycles. The summed E-state index contributed by atoms with van der Waals surface area (Å²) < 4.78 is 7.64. The number of halogens is 1. The number of nitrogens with one attached hydrogen (secondary N) is 1. The van der Waals surface area contributed by atoms with Crippen LogP contribution >= 0.6 is 15.9 Å². The Balaban J connectivity index is 1.93. The van der Waals surface area contributed by atoms with Gasteiger partial charge in [0.1, 0.15) is 12.1 Å². The highest BCUT2D eigenvalue weighted by molar-refractivity contribution is 9.10. The van der Waals surface area contributed by atoms with Crippen molar-refractivity contribution >= 4 is 33.3 Å². The maximum Gasteiger partial charge on any atom is 0.251 e. The Morgan fingerprint density at radius 2 is 2.26 bits per heavy atom. The zero-order chi connectivity index (χ0) is 16.4. The number of hydrogen-bond acceptors (Lipinski definition) is 5. The highest BCUT2D eigenvalue weighted by Crippen LogP contribution is 2.23. The fraction of sp³-hybridized carbons (Fsp3) is 0.267. The van der Waals surface area contributed by atoms with Crippen molar-refractivity contribution in [3.05, 3.63) is 34.5 Å². The van der Waals surface area contributed by atoms with E-state index in [1.807, 2.05) is 0 Å². The number of rotatable bonds is 5. The molecule has 3 rings (SSSR count). The molecule has 1 amide bonds. The van der Waals surface area contributed by atoms with Crippen molar-refractivity contribution in [3.63, 3.8) is 0 Å². The monoisotopic (exact) mass is 377 g/mol. The minimum Gasteiger partial charge on any atom is -0.460 e. The minimum absolute atomic E-state index is 0.169. The van der Waals surface area contributed by atoms with Gasteiger partial charge in [0.2, 0.25) is 5.82 Å². The van der Waals surface area contributed by atoms with Crippen LogP contribution in [0.5, 0.6) is 0 Å². The highest BCUT2D eigenvalue weighted by Gasteiger charge is 2.15. The molecule has 23 heavy (non-hydrogen) atoms. The molecule has 3 aromatic heterocycles. The standard InChI is InChI=1S/C15H16BrN5O2/c1-2-3-4-18-15(22)9-5-12(17)21-13(6-9)19-14(20-21)11-7-10(16)8-23-11/h5-8H,2-4,17H2,1H3,(H,18,22). The van der Waals surface area contributed by atoms with Crippen molar-refractivity contribution in [3.8, 4) is 11.6 Å². The van der Waals surface area contributed by atoms with Gasteiger partial charge in [-0.15, -0.1) is 5.10 Å².